The van der Waals surface area contributed by atoms with Crippen LogP contribution in [0.1, 0.15) is 38.3 Å². The minimum atomic E-state index is -5.02. The number of nitrogens with zero attached hydrogens (tertiary/aromatic N) is 1. The van der Waals surface area contributed by atoms with Crippen molar-refractivity contribution in [2.75, 3.05) is 13.1 Å². The van der Waals surface area contributed by atoms with E-state index >= 15 is 0 Å². The quantitative estimate of drug-likeness (QED) is 0.477. The van der Waals surface area contributed by atoms with Crippen LogP contribution in [0.2, 0.25) is 0 Å². The number of likely N-dealkylation sites (tertiary alicyclic amines) is 1. The van der Waals surface area contributed by atoms with Gasteiger partial charge in [0.25, 0.3) is 0 Å². The lowest BCUT2D eigenvalue weighted by atomic mass is 9.95. The Morgan fingerprint density at radius 3 is 2.62 bits per heavy atom. The summed E-state index contributed by atoms with van der Waals surface area (Å²) in [6.45, 7) is 4.43. The zero-order valence-corrected chi connectivity index (χ0v) is 17.6. The maximum absolute atomic E-state index is 14.2. The third-order valence-corrected chi connectivity index (χ3v) is 5.43. The van der Waals surface area contributed by atoms with Gasteiger partial charge in [-0.1, -0.05) is 19.9 Å². The number of ether oxygens (including phenoxy) is 1. The summed E-state index contributed by atoms with van der Waals surface area (Å²) in [7, 11) is 0. The van der Waals surface area contributed by atoms with Crippen LogP contribution < -0.4 is 20.7 Å². The number of rotatable bonds is 6. The van der Waals surface area contributed by atoms with Crippen molar-refractivity contribution in [2.24, 2.45) is 5.92 Å². The number of alkyl halides is 3. The van der Waals surface area contributed by atoms with Gasteiger partial charge in [0.1, 0.15) is 6.29 Å². The smallest absolute Gasteiger partial charge is 0.403 e. The van der Waals surface area contributed by atoms with Gasteiger partial charge in [-0.05, 0) is 30.0 Å². The largest absolute Gasteiger partial charge is 0.573 e. The van der Waals surface area contributed by atoms with Gasteiger partial charge in [-0.25, -0.2) is 4.39 Å². The van der Waals surface area contributed by atoms with Crippen LogP contribution in [-0.2, 0) is 9.59 Å². The molecule has 2 aliphatic heterocycles. The van der Waals surface area contributed by atoms with E-state index < -0.39 is 48.3 Å². The van der Waals surface area contributed by atoms with Crippen molar-refractivity contribution >= 4 is 11.8 Å². The van der Waals surface area contributed by atoms with Crippen LogP contribution in [0.25, 0.3) is 0 Å². The molecule has 3 rings (SSSR count). The van der Waals surface area contributed by atoms with Crippen LogP contribution in [0.4, 0.5) is 17.6 Å². The average Bonchev–Trinajstić information content (AvgIpc) is 3.12. The molecule has 4 N–H and O–H groups in total. The van der Waals surface area contributed by atoms with E-state index in [0.717, 1.165) is 12.1 Å². The molecule has 0 aliphatic carbocycles. The second-order valence-electron chi connectivity index (χ2n) is 8.30. The van der Waals surface area contributed by atoms with Gasteiger partial charge in [-0.15, -0.1) is 13.2 Å². The van der Waals surface area contributed by atoms with Gasteiger partial charge in [0.05, 0.1) is 24.6 Å². The second-order valence-corrected chi connectivity index (χ2v) is 8.30. The lowest BCUT2D eigenvalue weighted by Crippen LogP contribution is -2.66. The fraction of sp³-hybridized carbons (Fsp3) is 0.600. The molecule has 178 valence electrons. The zero-order chi connectivity index (χ0) is 23.6. The minimum Gasteiger partial charge on any atom is -0.403 e. The Balaban J connectivity index is 1.71. The number of aliphatic hydroxyl groups excluding tert-OH is 1. The van der Waals surface area contributed by atoms with Crippen LogP contribution in [0.5, 0.6) is 5.75 Å². The minimum absolute atomic E-state index is 0.115. The summed E-state index contributed by atoms with van der Waals surface area (Å²) in [6, 6.07) is 1.42. The molecule has 1 aromatic rings. The highest BCUT2D eigenvalue weighted by Gasteiger charge is 2.37. The van der Waals surface area contributed by atoms with E-state index in [9.17, 15) is 32.3 Å². The molecule has 0 spiro atoms. The molecule has 4 atom stereocenters. The Labute approximate surface area is 182 Å². The standard InChI is InChI=1S/C20H26F4N4O4/c1-10(2)17(11-3-4-15(13(21)7-11)32-20(22,23)24)27-18(31)14-8-16(30)26-19(25-14)28-6-5-12(29)9-28/h3-4,7,10,12,14,17,19,25,29H,5-6,8-9H2,1-2H3,(H,26,30)(H,27,31)/t12-,14?,17-,19?/m1/s1. The third-order valence-electron chi connectivity index (χ3n) is 5.43. The van der Waals surface area contributed by atoms with E-state index in [0.29, 0.717) is 19.5 Å². The van der Waals surface area contributed by atoms with Crippen molar-refractivity contribution in [2.45, 2.75) is 57.5 Å². The van der Waals surface area contributed by atoms with E-state index in [1.807, 2.05) is 4.90 Å². The van der Waals surface area contributed by atoms with Gasteiger partial charge >= 0.3 is 6.36 Å². The van der Waals surface area contributed by atoms with Gasteiger partial charge in [0.2, 0.25) is 11.8 Å². The molecule has 2 aliphatic rings. The number of hydrogen-bond donors (Lipinski definition) is 4. The molecule has 2 fully saturated rings. The fourth-order valence-electron chi connectivity index (χ4n) is 3.86. The summed E-state index contributed by atoms with van der Waals surface area (Å²) >= 11 is 0. The van der Waals surface area contributed by atoms with Crippen LogP contribution >= 0.6 is 0 Å². The summed E-state index contributed by atoms with van der Waals surface area (Å²) in [5.74, 6) is -3.23. The maximum Gasteiger partial charge on any atom is 0.573 e. The molecule has 12 heteroatoms. The van der Waals surface area contributed by atoms with Crippen LogP contribution in [-0.4, -0.2) is 59.7 Å². The SMILES string of the molecule is CC(C)[C@@H](NC(=O)C1CC(=O)NC(N2CC[C@@H](O)C2)N1)c1ccc(OC(F)(F)F)c(F)c1. The van der Waals surface area contributed by atoms with Crippen molar-refractivity contribution in [3.8, 4) is 5.75 Å². The van der Waals surface area contributed by atoms with Crippen LogP contribution in [0.15, 0.2) is 18.2 Å². The van der Waals surface area contributed by atoms with Crippen molar-refractivity contribution < 1.29 is 37.0 Å². The maximum atomic E-state index is 14.2. The molecular weight excluding hydrogens is 436 g/mol. The third kappa shape index (κ3) is 6.08. The predicted octanol–water partition coefficient (Wildman–Crippen LogP) is 1.37. The summed E-state index contributed by atoms with van der Waals surface area (Å²) in [5, 5.41) is 18.3. The molecular formula is C20H26F4N4O4. The Bertz CT molecular complexity index is 851. The molecule has 32 heavy (non-hydrogen) atoms. The molecule has 0 aromatic heterocycles. The molecule has 0 radical (unpaired) electrons. The van der Waals surface area contributed by atoms with E-state index in [1.165, 1.54) is 6.07 Å². The van der Waals surface area contributed by atoms with E-state index in [2.05, 4.69) is 20.7 Å². The summed E-state index contributed by atoms with van der Waals surface area (Å²) < 4.78 is 55.0. The molecule has 2 amide bonds. The van der Waals surface area contributed by atoms with E-state index in [4.69, 9.17) is 0 Å². The molecule has 2 unspecified atom stereocenters. The zero-order valence-electron chi connectivity index (χ0n) is 17.6. The van der Waals surface area contributed by atoms with Gasteiger partial charge < -0.3 is 20.5 Å². The lowest BCUT2D eigenvalue weighted by Gasteiger charge is -2.37. The number of nitrogens with one attached hydrogen (secondary N) is 3. The number of amides is 2. The van der Waals surface area contributed by atoms with Gasteiger partial charge in [-0.2, -0.15) is 0 Å². The predicted molar refractivity (Wildman–Crippen MR) is 104 cm³/mol. The highest BCUT2D eigenvalue weighted by Crippen LogP contribution is 2.30. The lowest BCUT2D eigenvalue weighted by molar-refractivity contribution is -0.275. The number of carbonyl (C=O) groups is 2. The number of aliphatic hydroxyl groups is 1. The molecule has 8 nitrogen and oxygen atoms in total. The molecule has 2 saturated heterocycles. The first-order valence-electron chi connectivity index (χ1n) is 10.3. The Kier molecular flexibility index (Phi) is 7.25. The first kappa shape index (κ1) is 24.2. The Morgan fingerprint density at radius 1 is 1.34 bits per heavy atom. The average molecular weight is 462 g/mol. The van der Waals surface area contributed by atoms with Gasteiger partial charge in [0.15, 0.2) is 11.6 Å². The normalized spacial score (nSPS) is 25.5. The van der Waals surface area contributed by atoms with E-state index in [1.54, 1.807) is 13.8 Å². The van der Waals surface area contributed by atoms with Crippen molar-refractivity contribution in [1.29, 1.82) is 0 Å². The van der Waals surface area contributed by atoms with Crippen molar-refractivity contribution in [1.82, 2.24) is 20.9 Å². The highest BCUT2D eigenvalue weighted by atomic mass is 19.4. The molecule has 0 saturated carbocycles. The first-order valence-corrected chi connectivity index (χ1v) is 10.3. The Hall–Kier alpha value is -2.44. The summed E-state index contributed by atoms with van der Waals surface area (Å²) in [4.78, 5) is 26.9. The van der Waals surface area contributed by atoms with Crippen LogP contribution in [0.3, 0.4) is 0 Å². The van der Waals surface area contributed by atoms with Crippen molar-refractivity contribution in [3.63, 3.8) is 0 Å². The summed E-state index contributed by atoms with van der Waals surface area (Å²) in [5.41, 5.74) is 0.264. The molecule has 2 heterocycles. The van der Waals surface area contributed by atoms with Crippen LogP contribution in [0, 0.1) is 11.7 Å². The van der Waals surface area contributed by atoms with E-state index in [-0.39, 0.29) is 23.8 Å². The van der Waals surface area contributed by atoms with Crippen molar-refractivity contribution in [3.05, 3.63) is 29.6 Å². The Morgan fingerprint density at radius 2 is 2.06 bits per heavy atom. The highest BCUT2D eigenvalue weighted by molar-refractivity contribution is 5.89. The fourth-order valence-corrected chi connectivity index (χ4v) is 3.86. The topological polar surface area (TPSA) is 103 Å². The molecule has 1 aromatic carbocycles. The number of halogens is 4. The first-order chi connectivity index (χ1) is 14.9. The second kappa shape index (κ2) is 9.59. The number of benzene rings is 1. The number of β-amino-alcohol motifs (C(OH)–C–C–N with tert-alkyl or cyclic N) is 1. The number of hydrogen-bond acceptors (Lipinski definition) is 6. The monoisotopic (exact) mass is 462 g/mol. The molecule has 0 bridgehead atoms. The summed E-state index contributed by atoms with van der Waals surface area (Å²) in [6.07, 6.45) is -5.70. The van der Waals surface area contributed by atoms with Gasteiger partial charge in [-0.3, -0.25) is 19.8 Å². The number of carbonyl (C=O) groups excluding carboxylic acids is 2. The van der Waals surface area contributed by atoms with Gasteiger partial charge in [0, 0.05) is 13.1 Å².